The van der Waals surface area contributed by atoms with Gasteiger partial charge in [-0.25, -0.2) is 0 Å². The highest BCUT2D eigenvalue weighted by molar-refractivity contribution is 6.02. The molecule has 5 heteroatoms. The Bertz CT molecular complexity index is 555. The first-order chi connectivity index (χ1) is 9.63. The van der Waals surface area contributed by atoms with Crippen LogP contribution in [0.2, 0.25) is 0 Å². The maximum Gasteiger partial charge on any atom is 0.307 e. The number of carbonyl (C=O) groups excluding carboxylic acids is 1. The van der Waals surface area contributed by atoms with Crippen LogP contribution < -0.4 is 9.64 Å². The number of amides is 1. The Kier molecular flexibility index (Phi) is 3.12. The van der Waals surface area contributed by atoms with Crippen molar-refractivity contribution in [1.29, 1.82) is 0 Å². The van der Waals surface area contributed by atoms with Crippen LogP contribution in [0.15, 0.2) is 18.2 Å². The third kappa shape index (κ3) is 2.03. The summed E-state index contributed by atoms with van der Waals surface area (Å²) in [6.07, 6.45) is 2.27. The van der Waals surface area contributed by atoms with Gasteiger partial charge in [-0.1, -0.05) is 12.1 Å². The molecule has 3 rings (SSSR count). The second-order valence-corrected chi connectivity index (χ2v) is 5.35. The van der Waals surface area contributed by atoms with Crippen LogP contribution in [0.25, 0.3) is 0 Å². The van der Waals surface area contributed by atoms with Gasteiger partial charge in [-0.2, -0.15) is 0 Å². The van der Waals surface area contributed by atoms with E-state index in [9.17, 15) is 9.59 Å². The number of rotatable bonds is 3. The Morgan fingerprint density at radius 2 is 2.15 bits per heavy atom. The number of nitrogens with zero attached hydrogens (tertiary/aromatic N) is 1. The van der Waals surface area contributed by atoms with Gasteiger partial charge >= 0.3 is 5.97 Å². The minimum Gasteiger partial charge on any atom is -0.495 e. The van der Waals surface area contributed by atoms with Crippen molar-refractivity contribution in [2.75, 3.05) is 18.6 Å². The zero-order valence-electron chi connectivity index (χ0n) is 11.3. The molecule has 2 aliphatic rings. The molecule has 0 spiro atoms. The van der Waals surface area contributed by atoms with Gasteiger partial charge in [0.1, 0.15) is 5.75 Å². The molecule has 0 bridgehead atoms. The number of para-hydroxylation sites is 1. The molecule has 106 valence electrons. The van der Waals surface area contributed by atoms with E-state index in [0.29, 0.717) is 18.7 Å². The molecule has 0 aromatic heterocycles. The van der Waals surface area contributed by atoms with Crippen LogP contribution in [0.5, 0.6) is 5.75 Å². The number of benzene rings is 1. The van der Waals surface area contributed by atoms with Gasteiger partial charge in [0.25, 0.3) is 0 Å². The fourth-order valence-corrected chi connectivity index (χ4v) is 2.94. The van der Waals surface area contributed by atoms with E-state index in [1.807, 2.05) is 18.2 Å². The molecule has 0 radical (unpaired) electrons. The second-order valence-electron chi connectivity index (χ2n) is 5.35. The molecule has 1 aliphatic carbocycles. The van der Waals surface area contributed by atoms with Gasteiger partial charge in [0.15, 0.2) is 0 Å². The number of anilines is 1. The number of aryl methyl sites for hydroxylation is 1. The molecule has 1 saturated carbocycles. The fourth-order valence-electron chi connectivity index (χ4n) is 2.94. The van der Waals surface area contributed by atoms with E-state index in [1.165, 1.54) is 0 Å². The Balaban J connectivity index is 1.90. The number of methoxy groups -OCH3 is 1. The molecule has 1 aromatic rings. The largest absolute Gasteiger partial charge is 0.495 e. The summed E-state index contributed by atoms with van der Waals surface area (Å²) in [6, 6.07) is 5.76. The SMILES string of the molecule is COc1cccc2c1N(C(=O)[C@@H]1C[C@@H]1C(=O)O)CCC2. The van der Waals surface area contributed by atoms with E-state index in [1.54, 1.807) is 12.0 Å². The molecule has 2 atom stereocenters. The lowest BCUT2D eigenvalue weighted by molar-refractivity contribution is -0.140. The lowest BCUT2D eigenvalue weighted by atomic mass is 10.0. The molecule has 1 aromatic carbocycles. The minimum atomic E-state index is -0.874. The third-order valence-corrected chi connectivity index (χ3v) is 4.09. The van der Waals surface area contributed by atoms with Crippen molar-refractivity contribution in [3.8, 4) is 5.75 Å². The van der Waals surface area contributed by atoms with Crippen LogP contribution in [0.3, 0.4) is 0 Å². The van der Waals surface area contributed by atoms with E-state index in [-0.39, 0.29) is 11.8 Å². The number of fused-ring (bicyclic) bond motifs is 1. The van der Waals surface area contributed by atoms with E-state index in [4.69, 9.17) is 9.84 Å². The summed E-state index contributed by atoms with van der Waals surface area (Å²) in [5, 5.41) is 8.97. The van der Waals surface area contributed by atoms with Crippen molar-refractivity contribution in [1.82, 2.24) is 0 Å². The molecule has 5 nitrogen and oxygen atoms in total. The van der Waals surface area contributed by atoms with Crippen molar-refractivity contribution in [3.63, 3.8) is 0 Å². The summed E-state index contributed by atoms with van der Waals surface area (Å²) in [5.74, 6) is -1.16. The number of hydrogen-bond donors (Lipinski definition) is 1. The van der Waals surface area contributed by atoms with Crippen LogP contribution in [0, 0.1) is 11.8 Å². The molecule has 1 aliphatic heterocycles. The quantitative estimate of drug-likeness (QED) is 0.911. The molecule has 20 heavy (non-hydrogen) atoms. The Labute approximate surface area is 117 Å². The number of hydrogen-bond acceptors (Lipinski definition) is 3. The topological polar surface area (TPSA) is 66.8 Å². The van der Waals surface area contributed by atoms with Crippen molar-refractivity contribution >= 4 is 17.6 Å². The summed E-state index contributed by atoms with van der Waals surface area (Å²) in [6.45, 7) is 0.634. The summed E-state index contributed by atoms with van der Waals surface area (Å²) in [4.78, 5) is 25.2. The van der Waals surface area contributed by atoms with Gasteiger partial charge < -0.3 is 14.7 Å². The molecule has 1 fully saturated rings. The molecule has 0 unspecified atom stereocenters. The lowest BCUT2D eigenvalue weighted by Crippen LogP contribution is -2.37. The first-order valence-corrected chi connectivity index (χ1v) is 6.83. The first kappa shape index (κ1) is 13.0. The molecule has 1 heterocycles. The maximum atomic E-state index is 12.5. The number of carboxylic acids is 1. The van der Waals surface area contributed by atoms with E-state index < -0.39 is 11.9 Å². The summed E-state index contributed by atoms with van der Waals surface area (Å²) < 4.78 is 5.36. The van der Waals surface area contributed by atoms with Gasteiger partial charge in [0.2, 0.25) is 5.91 Å². The van der Waals surface area contributed by atoms with Crippen LogP contribution in [-0.4, -0.2) is 30.6 Å². The monoisotopic (exact) mass is 275 g/mol. The zero-order chi connectivity index (χ0) is 14.3. The fraction of sp³-hybridized carbons (Fsp3) is 0.467. The van der Waals surface area contributed by atoms with E-state index in [2.05, 4.69) is 0 Å². The van der Waals surface area contributed by atoms with E-state index >= 15 is 0 Å². The first-order valence-electron chi connectivity index (χ1n) is 6.83. The molecule has 0 saturated heterocycles. The molecule has 1 amide bonds. The maximum absolute atomic E-state index is 12.5. The normalized spacial score (nSPS) is 23.9. The Morgan fingerprint density at radius 3 is 2.80 bits per heavy atom. The summed E-state index contributed by atoms with van der Waals surface area (Å²) in [7, 11) is 1.59. The van der Waals surface area contributed by atoms with Gasteiger partial charge in [-0.05, 0) is 30.9 Å². The Hall–Kier alpha value is -2.04. The van der Waals surface area contributed by atoms with Gasteiger partial charge in [0, 0.05) is 6.54 Å². The van der Waals surface area contributed by atoms with Crippen molar-refractivity contribution in [2.45, 2.75) is 19.3 Å². The smallest absolute Gasteiger partial charge is 0.307 e. The third-order valence-electron chi connectivity index (χ3n) is 4.09. The number of ether oxygens (including phenoxy) is 1. The number of carboxylic acid groups (broad SMARTS) is 1. The van der Waals surface area contributed by atoms with Gasteiger partial charge in [0.05, 0.1) is 24.6 Å². The zero-order valence-corrected chi connectivity index (χ0v) is 11.3. The van der Waals surface area contributed by atoms with Gasteiger partial charge in [-0.15, -0.1) is 0 Å². The van der Waals surface area contributed by atoms with Crippen molar-refractivity contribution in [3.05, 3.63) is 23.8 Å². The van der Waals surface area contributed by atoms with Gasteiger partial charge in [-0.3, -0.25) is 9.59 Å². The highest BCUT2D eigenvalue weighted by atomic mass is 16.5. The van der Waals surface area contributed by atoms with Crippen LogP contribution in [0.4, 0.5) is 5.69 Å². The van der Waals surface area contributed by atoms with Crippen molar-refractivity contribution < 1.29 is 19.4 Å². The van der Waals surface area contributed by atoms with Crippen LogP contribution >= 0.6 is 0 Å². The average molecular weight is 275 g/mol. The highest BCUT2D eigenvalue weighted by Crippen LogP contribution is 2.44. The Morgan fingerprint density at radius 1 is 1.35 bits per heavy atom. The van der Waals surface area contributed by atoms with Crippen LogP contribution in [-0.2, 0) is 16.0 Å². The summed E-state index contributed by atoms with van der Waals surface area (Å²) >= 11 is 0. The lowest BCUT2D eigenvalue weighted by Gasteiger charge is -2.31. The predicted molar refractivity (Wildman–Crippen MR) is 72.9 cm³/mol. The van der Waals surface area contributed by atoms with Crippen molar-refractivity contribution in [2.24, 2.45) is 11.8 Å². The predicted octanol–water partition coefficient (Wildman–Crippen LogP) is 1.70. The molecular formula is C15H17NO4. The van der Waals surface area contributed by atoms with E-state index in [0.717, 1.165) is 24.1 Å². The number of carbonyl (C=O) groups is 2. The molecular weight excluding hydrogens is 258 g/mol. The summed E-state index contributed by atoms with van der Waals surface area (Å²) in [5.41, 5.74) is 1.92. The minimum absolute atomic E-state index is 0.0807. The van der Waals surface area contributed by atoms with Crippen LogP contribution in [0.1, 0.15) is 18.4 Å². The standard InChI is InChI=1S/C15H17NO4/c1-20-12-6-2-4-9-5-3-7-16(13(9)12)14(17)10-8-11(10)15(18)19/h2,4,6,10-11H,3,5,7-8H2,1H3,(H,18,19)/t10-,11+/m1/s1. The second kappa shape index (κ2) is 4.81. The highest BCUT2D eigenvalue weighted by Gasteiger charge is 2.50. The molecule has 1 N–H and O–H groups in total. The number of aliphatic carboxylic acids is 1. The average Bonchev–Trinajstić information content (AvgIpc) is 3.25.